The van der Waals surface area contributed by atoms with Crippen LogP contribution in [0.1, 0.15) is 13.3 Å². The number of nitrogens with one attached hydrogen (secondary N) is 1. The molecule has 2 aliphatic rings. The van der Waals surface area contributed by atoms with Crippen LogP contribution in [-0.4, -0.2) is 74.7 Å². The van der Waals surface area contributed by atoms with Gasteiger partial charge in [-0.15, -0.1) is 0 Å². The van der Waals surface area contributed by atoms with Crippen LogP contribution in [0.2, 0.25) is 0 Å². The first-order chi connectivity index (χ1) is 9.16. The highest BCUT2D eigenvalue weighted by Gasteiger charge is 2.25. The fourth-order valence-electron chi connectivity index (χ4n) is 2.71. The van der Waals surface area contributed by atoms with E-state index in [9.17, 15) is 4.79 Å². The van der Waals surface area contributed by atoms with E-state index in [0.29, 0.717) is 12.6 Å². The number of ether oxygens (including phenoxy) is 1. The molecule has 5 nitrogen and oxygen atoms in total. The maximum atomic E-state index is 11.2. The van der Waals surface area contributed by atoms with E-state index in [4.69, 9.17) is 4.74 Å². The molecule has 1 unspecified atom stereocenters. The van der Waals surface area contributed by atoms with Crippen molar-refractivity contribution in [2.45, 2.75) is 19.4 Å². The molecule has 2 aliphatic heterocycles. The summed E-state index contributed by atoms with van der Waals surface area (Å²) in [6, 6.07) is 0.335. The van der Waals surface area contributed by atoms with Gasteiger partial charge in [-0.3, -0.25) is 9.69 Å². The van der Waals surface area contributed by atoms with Gasteiger partial charge in [-0.2, -0.15) is 0 Å². The van der Waals surface area contributed by atoms with Crippen LogP contribution in [0.4, 0.5) is 0 Å². The third kappa shape index (κ3) is 4.30. The highest BCUT2D eigenvalue weighted by atomic mass is 16.5. The molecule has 1 atom stereocenters. The Kier molecular flexibility index (Phi) is 5.36. The normalized spacial score (nSPS) is 23.8. The highest BCUT2D eigenvalue weighted by molar-refractivity contribution is 5.72. The fraction of sp³-hybridized carbons (Fsp3) is 0.786. The van der Waals surface area contributed by atoms with E-state index in [0.717, 1.165) is 45.8 Å². The predicted molar refractivity (Wildman–Crippen MR) is 75.1 cm³/mol. The predicted octanol–water partition coefficient (Wildman–Crippen LogP) is 0.0852. The zero-order valence-electron chi connectivity index (χ0n) is 12.0. The summed E-state index contributed by atoms with van der Waals surface area (Å²) >= 11 is 0. The van der Waals surface area contributed by atoms with Gasteiger partial charge >= 0.3 is 0 Å². The largest absolute Gasteiger partial charge is 0.379 e. The molecule has 0 saturated carbocycles. The number of carbonyl (C=O) groups is 1. The number of carbonyl (C=O) groups excluding carboxylic acids is 1. The second-order valence-corrected chi connectivity index (χ2v) is 5.39. The van der Waals surface area contributed by atoms with Gasteiger partial charge in [0.05, 0.1) is 13.2 Å². The monoisotopic (exact) mass is 267 g/mol. The number of likely N-dealkylation sites (N-methyl/N-ethyl adjacent to an activating group) is 1. The molecular weight excluding hydrogens is 242 g/mol. The van der Waals surface area contributed by atoms with Crippen molar-refractivity contribution in [2.24, 2.45) is 0 Å². The lowest BCUT2D eigenvalue weighted by atomic mass is 9.98. The average Bonchev–Trinajstić information content (AvgIpc) is 2.42. The zero-order chi connectivity index (χ0) is 13.7. The van der Waals surface area contributed by atoms with Gasteiger partial charge in [-0.05, 0) is 13.5 Å². The van der Waals surface area contributed by atoms with Gasteiger partial charge in [0.2, 0.25) is 5.91 Å². The van der Waals surface area contributed by atoms with Crippen molar-refractivity contribution in [2.75, 3.05) is 53.0 Å². The van der Waals surface area contributed by atoms with Gasteiger partial charge < -0.3 is 15.0 Å². The molecule has 2 rings (SSSR count). The Hall–Kier alpha value is -0.910. The standard InChI is InChI=1S/C14H25N3O2/c1-12(18)15-11-14(17-7-9-19-10-8-17)13-3-5-16(2)6-4-13/h3,14H,4-11H2,1-2H3,(H,15,18). The minimum atomic E-state index is 0.0480. The van der Waals surface area contributed by atoms with Gasteiger partial charge in [0, 0.05) is 45.7 Å². The lowest BCUT2D eigenvalue weighted by Crippen LogP contribution is -2.50. The molecular formula is C14H25N3O2. The van der Waals surface area contributed by atoms with E-state index in [1.54, 1.807) is 6.92 Å². The molecule has 0 aromatic heterocycles. The summed E-state index contributed by atoms with van der Waals surface area (Å²) in [5.74, 6) is 0.0480. The molecule has 1 N–H and O–H groups in total. The number of hydrogen-bond donors (Lipinski definition) is 1. The van der Waals surface area contributed by atoms with E-state index >= 15 is 0 Å². The summed E-state index contributed by atoms with van der Waals surface area (Å²) in [5, 5.41) is 2.98. The van der Waals surface area contributed by atoms with Crippen molar-refractivity contribution in [3.05, 3.63) is 11.6 Å². The maximum Gasteiger partial charge on any atom is 0.216 e. The first kappa shape index (κ1) is 14.5. The maximum absolute atomic E-state index is 11.2. The minimum Gasteiger partial charge on any atom is -0.379 e. The summed E-state index contributed by atoms with van der Waals surface area (Å²) in [7, 11) is 2.14. The van der Waals surface area contributed by atoms with Gasteiger partial charge in [0.15, 0.2) is 0 Å². The van der Waals surface area contributed by atoms with Gasteiger partial charge in [0.25, 0.3) is 0 Å². The summed E-state index contributed by atoms with van der Waals surface area (Å²) in [6.07, 6.45) is 3.42. The molecule has 1 fully saturated rings. The Balaban J connectivity index is 2.02. The van der Waals surface area contributed by atoms with E-state index in [-0.39, 0.29) is 5.91 Å². The SMILES string of the molecule is CC(=O)NCC(C1=CCN(C)CC1)N1CCOCC1. The van der Waals surface area contributed by atoms with Crippen LogP contribution in [0.25, 0.3) is 0 Å². The molecule has 1 saturated heterocycles. The molecule has 0 bridgehead atoms. The van der Waals surface area contributed by atoms with E-state index in [1.165, 1.54) is 5.57 Å². The molecule has 0 aromatic rings. The molecule has 0 radical (unpaired) electrons. The lowest BCUT2D eigenvalue weighted by Gasteiger charge is -2.38. The highest BCUT2D eigenvalue weighted by Crippen LogP contribution is 2.19. The van der Waals surface area contributed by atoms with Gasteiger partial charge in [-0.25, -0.2) is 0 Å². The van der Waals surface area contributed by atoms with Crippen molar-refractivity contribution >= 4 is 5.91 Å². The Morgan fingerprint density at radius 3 is 2.74 bits per heavy atom. The number of morpholine rings is 1. The molecule has 5 heteroatoms. The van der Waals surface area contributed by atoms with Crippen LogP contribution in [0.5, 0.6) is 0 Å². The molecule has 1 amide bonds. The van der Waals surface area contributed by atoms with Gasteiger partial charge in [0.1, 0.15) is 0 Å². The summed E-state index contributed by atoms with van der Waals surface area (Å²) in [4.78, 5) is 15.9. The zero-order valence-corrected chi connectivity index (χ0v) is 12.0. The average molecular weight is 267 g/mol. The third-order valence-electron chi connectivity index (χ3n) is 3.91. The minimum absolute atomic E-state index is 0.0480. The van der Waals surface area contributed by atoms with Crippen molar-refractivity contribution in [1.29, 1.82) is 0 Å². The Morgan fingerprint density at radius 2 is 2.16 bits per heavy atom. The molecule has 0 aromatic carbocycles. The molecule has 0 spiro atoms. The van der Waals surface area contributed by atoms with Crippen LogP contribution >= 0.6 is 0 Å². The number of nitrogens with zero attached hydrogens (tertiary/aromatic N) is 2. The van der Waals surface area contributed by atoms with Gasteiger partial charge in [-0.1, -0.05) is 11.6 Å². The van der Waals surface area contributed by atoms with Crippen LogP contribution in [-0.2, 0) is 9.53 Å². The number of amides is 1. The summed E-state index contributed by atoms with van der Waals surface area (Å²) < 4.78 is 5.42. The Labute approximate surface area is 115 Å². The smallest absolute Gasteiger partial charge is 0.216 e. The van der Waals surface area contributed by atoms with Crippen LogP contribution in [0, 0.1) is 0 Å². The molecule has 0 aliphatic carbocycles. The third-order valence-corrected chi connectivity index (χ3v) is 3.91. The number of hydrogen-bond acceptors (Lipinski definition) is 4. The first-order valence-electron chi connectivity index (χ1n) is 7.10. The first-order valence-corrected chi connectivity index (χ1v) is 7.10. The van der Waals surface area contributed by atoms with E-state index in [2.05, 4.69) is 28.2 Å². The summed E-state index contributed by atoms with van der Waals surface area (Å²) in [5.41, 5.74) is 1.47. The second-order valence-electron chi connectivity index (χ2n) is 5.39. The van der Waals surface area contributed by atoms with Crippen molar-refractivity contribution in [3.8, 4) is 0 Å². The fourth-order valence-corrected chi connectivity index (χ4v) is 2.71. The Morgan fingerprint density at radius 1 is 1.42 bits per heavy atom. The van der Waals surface area contributed by atoms with Crippen LogP contribution in [0.3, 0.4) is 0 Å². The van der Waals surface area contributed by atoms with Crippen molar-refractivity contribution in [1.82, 2.24) is 15.1 Å². The van der Waals surface area contributed by atoms with E-state index in [1.807, 2.05) is 0 Å². The lowest BCUT2D eigenvalue weighted by molar-refractivity contribution is -0.119. The second kappa shape index (κ2) is 7.03. The molecule has 19 heavy (non-hydrogen) atoms. The molecule has 108 valence electrons. The quantitative estimate of drug-likeness (QED) is 0.733. The molecule has 2 heterocycles. The van der Waals surface area contributed by atoms with Crippen LogP contribution in [0.15, 0.2) is 11.6 Å². The van der Waals surface area contributed by atoms with Crippen LogP contribution < -0.4 is 5.32 Å². The topological polar surface area (TPSA) is 44.8 Å². The van der Waals surface area contributed by atoms with Crippen molar-refractivity contribution in [3.63, 3.8) is 0 Å². The van der Waals surface area contributed by atoms with Crippen molar-refractivity contribution < 1.29 is 9.53 Å². The summed E-state index contributed by atoms with van der Waals surface area (Å²) in [6.45, 7) is 7.91. The number of rotatable bonds is 4. The Bertz CT molecular complexity index is 338. The van der Waals surface area contributed by atoms with E-state index < -0.39 is 0 Å².